The molecule has 0 atom stereocenters. The number of sulfonamides is 1. The molecule has 2 aliphatic rings. The molecular weight excluding hydrogens is 382 g/mol. The van der Waals surface area contributed by atoms with Crippen molar-refractivity contribution in [3.8, 4) is 0 Å². The fourth-order valence-electron chi connectivity index (χ4n) is 3.60. The molecule has 8 nitrogen and oxygen atoms in total. The Morgan fingerprint density at radius 2 is 1.75 bits per heavy atom. The van der Waals surface area contributed by atoms with Crippen molar-refractivity contribution in [2.45, 2.75) is 45.7 Å². The van der Waals surface area contributed by atoms with E-state index in [0.717, 1.165) is 0 Å². The number of amides is 3. The first-order valence-corrected chi connectivity index (χ1v) is 11.1. The zero-order valence-corrected chi connectivity index (χ0v) is 17.1. The topological polar surface area (TPSA) is 104 Å². The number of carbonyl (C=O) groups is 3. The van der Waals surface area contributed by atoms with Crippen LogP contribution in [0.5, 0.6) is 0 Å². The van der Waals surface area contributed by atoms with Gasteiger partial charge in [0.25, 0.3) is 17.7 Å². The zero-order valence-electron chi connectivity index (χ0n) is 16.3. The lowest BCUT2D eigenvalue weighted by atomic mass is 10.0. The van der Waals surface area contributed by atoms with Crippen LogP contribution < -0.4 is 5.32 Å². The van der Waals surface area contributed by atoms with Crippen molar-refractivity contribution in [3.05, 3.63) is 34.9 Å². The number of carbonyl (C=O) groups excluding carboxylic acids is 3. The number of benzene rings is 1. The van der Waals surface area contributed by atoms with Gasteiger partial charge in [-0.3, -0.25) is 19.3 Å². The SMILES string of the molecule is CCS(=O)(=O)N1CCC(NC(=O)c2ccc3c(c2)C(=O)N(C(C)C)C3=O)CC1. The van der Waals surface area contributed by atoms with E-state index < -0.39 is 10.0 Å². The monoisotopic (exact) mass is 407 g/mol. The van der Waals surface area contributed by atoms with Crippen molar-refractivity contribution in [3.63, 3.8) is 0 Å². The van der Waals surface area contributed by atoms with Gasteiger partial charge in [-0.15, -0.1) is 0 Å². The third kappa shape index (κ3) is 3.68. The van der Waals surface area contributed by atoms with Gasteiger partial charge in [-0.2, -0.15) is 0 Å². The first-order chi connectivity index (χ1) is 13.2. The fourth-order valence-corrected chi connectivity index (χ4v) is 4.73. The molecular formula is C19H25N3O5S. The Morgan fingerprint density at radius 1 is 1.14 bits per heavy atom. The van der Waals surface area contributed by atoms with Crippen molar-refractivity contribution in [2.24, 2.45) is 0 Å². The Kier molecular flexibility index (Phi) is 5.58. The molecule has 1 aromatic rings. The Hall–Kier alpha value is -2.26. The maximum absolute atomic E-state index is 12.6. The van der Waals surface area contributed by atoms with Crippen LogP contribution in [0, 0.1) is 0 Å². The second-order valence-electron chi connectivity index (χ2n) is 7.38. The minimum absolute atomic E-state index is 0.0687. The van der Waals surface area contributed by atoms with Gasteiger partial charge >= 0.3 is 0 Å². The molecule has 0 aromatic heterocycles. The lowest BCUT2D eigenvalue weighted by Crippen LogP contribution is -2.46. The highest BCUT2D eigenvalue weighted by atomic mass is 32.2. The normalized spacial score (nSPS) is 18.6. The summed E-state index contributed by atoms with van der Waals surface area (Å²) in [6.45, 7) is 5.90. The maximum Gasteiger partial charge on any atom is 0.261 e. The van der Waals surface area contributed by atoms with E-state index in [0.29, 0.717) is 37.1 Å². The van der Waals surface area contributed by atoms with Gasteiger partial charge < -0.3 is 5.32 Å². The highest BCUT2D eigenvalue weighted by Crippen LogP contribution is 2.26. The molecule has 1 N–H and O–H groups in total. The molecule has 152 valence electrons. The van der Waals surface area contributed by atoms with Crippen LogP contribution in [0.25, 0.3) is 0 Å². The molecule has 0 saturated carbocycles. The quantitative estimate of drug-likeness (QED) is 0.740. The van der Waals surface area contributed by atoms with Gasteiger partial charge in [-0.25, -0.2) is 12.7 Å². The Bertz CT molecular complexity index is 917. The summed E-state index contributed by atoms with van der Waals surface area (Å²) in [7, 11) is -3.21. The number of rotatable bonds is 5. The Morgan fingerprint density at radius 3 is 2.32 bits per heavy atom. The number of hydrogen-bond acceptors (Lipinski definition) is 5. The number of hydrogen-bond donors (Lipinski definition) is 1. The van der Waals surface area contributed by atoms with E-state index in [1.807, 2.05) is 0 Å². The minimum Gasteiger partial charge on any atom is -0.349 e. The summed E-state index contributed by atoms with van der Waals surface area (Å²) in [5.41, 5.74) is 0.873. The second kappa shape index (κ2) is 7.63. The molecule has 0 aliphatic carbocycles. The third-order valence-corrected chi connectivity index (χ3v) is 7.13. The molecule has 1 aromatic carbocycles. The number of nitrogens with zero attached hydrogens (tertiary/aromatic N) is 2. The molecule has 3 amide bonds. The van der Waals surface area contributed by atoms with E-state index in [-0.39, 0.29) is 41.1 Å². The number of piperidine rings is 1. The van der Waals surface area contributed by atoms with E-state index in [1.54, 1.807) is 26.8 Å². The first-order valence-electron chi connectivity index (χ1n) is 9.46. The molecule has 1 saturated heterocycles. The van der Waals surface area contributed by atoms with E-state index in [9.17, 15) is 22.8 Å². The average molecular weight is 407 g/mol. The molecule has 0 bridgehead atoms. The third-order valence-electron chi connectivity index (χ3n) is 5.24. The summed E-state index contributed by atoms with van der Waals surface area (Å²) < 4.78 is 25.3. The van der Waals surface area contributed by atoms with Crippen LogP contribution >= 0.6 is 0 Å². The summed E-state index contributed by atoms with van der Waals surface area (Å²) in [5.74, 6) is -0.990. The molecule has 1 fully saturated rings. The van der Waals surface area contributed by atoms with Gasteiger partial charge in [0, 0.05) is 30.7 Å². The molecule has 28 heavy (non-hydrogen) atoms. The first kappa shape index (κ1) is 20.5. The van der Waals surface area contributed by atoms with Gasteiger partial charge in [0.2, 0.25) is 10.0 Å². The molecule has 3 rings (SSSR count). The summed E-state index contributed by atoms with van der Waals surface area (Å²) in [6, 6.07) is 4.13. The summed E-state index contributed by atoms with van der Waals surface area (Å²) in [5, 5.41) is 2.91. The van der Waals surface area contributed by atoms with Gasteiger partial charge in [0.15, 0.2) is 0 Å². The lowest BCUT2D eigenvalue weighted by Gasteiger charge is -2.31. The van der Waals surface area contributed by atoms with E-state index in [2.05, 4.69) is 5.32 Å². The van der Waals surface area contributed by atoms with Crippen LogP contribution in [0.3, 0.4) is 0 Å². The van der Waals surface area contributed by atoms with Crippen LogP contribution in [0.2, 0.25) is 0 Å². The van der Waals surface area contributed by atoms with E-state index in [1.165, 1.54) is 21.3 Å². The number of imide groups is 1. The molecule has 0 unspecified atom stereocenters. The van der Waals surface area contributed by atoms with Gasteiger partial charge in [0.1, 0.15) is 0 Å². The van der Waals surface area contributed by atoms with Crippen molar-refractivity contribution in [1.29, 1.82) is 0 Å². The molecule has 0 spiro atoms. The highest BCUT2D eigenvalue weighted by Gasteiger charge is 2.37. The highest BCUT2D eigenvalue weighted by molar-refractivity contribution is 7.89. The summed E-state index contributed by atoms with van der Waals surface area (Å²) in [6.07, 6.45) is 1.07. The second-order valence-corrected chi connectivity index (χ2v) is 9.64. The Labute approximate surface area is 164 Å². The lowest BCUT2D eigenvalue weighted by molar-refractivity contribution is 0.0609. The number of fused-ring (bicyclic) bond motifs is 1. The molecule has 0 radical (unpaired) electrons. The Balaban J connectivity index is 1.68. The predicted octanol–water partition coefficient (Wildman–Crippen LogP) is 1.23. The van der Waals surface area contributed by atoms with Gasteiger partial charge in [0.05, 0.1) is 16.9 Å². The standard InChI is InChI=1S/C19H25N3O5S/c1-4-28(26,27)21-9-7-14(8-10-21)20-17(23)13-5-6-15-16(11-13)19(25)22(12(2)3)18(15)24/h5-6,11-12,14H,4,7-10H2,1-3H3,(H,20,23). The van der Waals surface area contributed by atoms with Crippen molar-refractivity contribution in [1.82, 2.24) is 14.5 Å². The smallest absolute Gasteiger partial charge is 0.261 e. The molecule has 9 heteroatoms. The number of nitrogens with one attached hydrogen (secondary N) is 1. The largest absolute Gasteiger partial charge is 0.349 e. The van der Waals surface area contributed by atoms with Crippen LogP contribution in [0.4, 0.5) is 0 Å². The van der Waals surface area contributed by atoms with Crippen molar-refractivity contribution < 1.29 is 22.8 Å². The van der Waals surface area contributed by atoms with Crippen LogP contribution in [0.1, 0.15) is 64.7 Å². The van der Waals surface area contributed by atoms with E-state index >= 15 is 0 Å². The van der Waals surface area contributed by atoms with Gasteiger partial charge in [-0.05, 0) is 51.8 Å². The fraction of sp³-hybridized carbons (Fsp3) is 0.526. The van der Waals surface area contributed by atoms with E-state index in [4.69, 9.17) is 0 Å². The molecule has 2 aliphatic heterocycles. The minimum atomic E-state index is -3.21. The van der Waals surface area contributed by atoms with Gasteiger partial charge in [-0.1, -0.05) is 0 Å². The van der Waals surface area contributed by atoms with Crippen molar-refractivity contribution >= 4 is 27.7 Å². The zero-order chi connectivity index (χ0) is 20.6. The van der Waals surface area contributed by atoms with Crippen molar-refractivity contribution in [2.75, 3.05) is 18.8 Å². The summed E-state index contributed by atoms with van der Waals surface area (Å²) in [4.78, 5) is 38.6. The van der Waals surface area contributed by atoms with Crippen LogP contribution in [-0.4, -0.2) is 66.3 Å². The predicted molar refractivity (Wildman–Crippen MR) is 104 cm³/mol. The maximum atomic E-state index is 12.6. The summed E-state index contributed by atoms with van der Waals surface area (Å²) >= 11 is 0. The molecule has 2 heterocycles. The average Bonchev–Trinajstić information content (AvgIpc) is 2.92. The van der Waals surface area contributed by atoms with Crippen LogP contribution in [0.15, 0.2) is 18.2 Å². The van der Waals surface area contributed by atoms with Crippen LogP contribution in [-0.2, 0) is 10.0 Å².